The summed E-state index contributed by atoms with van der Waals surface area (Å²) in [6, 6.07) is 5.95. The van der Waals surface area contributed by atoms with Gasteiger partial charge >= 0.3 is 0 Å². The van der Waals surface area contributed by atoms with E-state index in [9.17, 15) is 4.79 Å². The first-order chi connectivity index (χ1) is 9.19. The molecule has 1 aliphatic heterocycles. The molecule has 1 fully saturated rings. The van der Waals surface area contributed by atoms with Crippen LogP contribution in [0.3, 0.4) is 0 Å². The molecule has 1 aliphatic carbocycles. The van der Waals surface area contributed by atoms with Gasteiger partial charge < -0.3 is 10.1 Å². The quantitative estimate of drug-likeness (QED) is 0.788. The van der Waals surface area contributed by atoms with E-state index in [0.29, 0.717) is 5.96 Å². The molecule has 0 aromatic heterocycles. The monoisotopic (exact) mass is 259 g/mol. The lowest BCUT2D eigenvalue weighted by molar-refractivity contribution is -0.124. The van der Waals surface area contributed by atoms with Crippen LogP contribution in [0.2, 0.25) is 0 Å². The largest absolute Gasteiger partial charge is 0.497 e. The van der Waals surface area contributed by atoms with Gasteiger partial charge in [-0.3, -0.25) is 15.1 Å². The Morgan fingerprint density at radius 3 is 2.95 bits per heavy atom. The number of guanidine groups is 1. The number of nitrogens with one attached hydrogen (secondary N) is 2. The number of amides is 1. The number of aliphatic imine (C=N–C) groups is 1. The number of benzene rings is 1. The minimum absolute atomic E-state index is 0.0256. The molecule has 0 saturated carbocycles. The van der Waals surface area contributed by atoms with E-state index >= 15 is 0 Å². The van der Waals surface area contributed by atoms with E-state index in [-0.39, 0.29) is 5.91 Å². The van der Waals surface area contributed by atoms with Crippen LogP contribution in [0.15, 0.2) is 23.2 Å². The zero-order chi connectivity index (χ0) is 13.5. The lowest BCUT2D eigenvalue weighted by Crippen LogP contribution is -2.46. The third kappa shape index (κ3) is 1.69. The highest BCUT2D eigenvalue weighted by Gasteiger charge is 2.48. The second-order valence-corrected chi connectivity index (χ2v) is 4.93. The summed E-state index contributed by atoms with van der Waals surface area (Å²) < 4.78 is 5.28. The van der Waals surface area contributed by atoms with Crippen LogP contribution in [0.25, 0.3) is 0 Å². The summed E-state index contributed by atoms with van der Waals surface area (Å²) in [7, 11) is 3.30. The molecule has 1 aromatic rings. The van der Waals surface area contributed by atoms with Crippen LogP contribution in [0.5, 0.6) is 5.75 Å². The van der Waals surface area contributed by atoms with Crippen molar-refractivity contribution in [2.45, 2.75) is 24.8 Å². The van der Waals surface area contributed by atoms with Crippen molar-refractivity contribution in [2.75, 3.05) is 14.2 Å². The van der Waals surface area contributed by atoms with Gasteiger partial charge in [-0.2, -0.15) is 0 Å². The molecular weight excluding hydrogens is 242 g/mol. The Bertz CT molecular complexity index is 568. The number of hydrogen-bond acceptors (Lipinski definition) is 3. The Hall–Kier alpha value is -2.04. The fourth-order valence-electron chi connectivity index (χ4n) is 2.96. The fourth-order valence-corrected chi connectivity index (χ4v) is 2.96. The van der Waals surface area contributed by atoms with Crippen LogP contribution in [0, 0.1) is 0 Å². The van der Waals surface area contributed by atoms with Crippen molar-refractivity contribution in [3.63, 3.8) is 0 Å². The lowest BCUT2D eigenvalue weighted by atomic mass is 9.76. The Balaban J connectivity index is 2.14. The van der Waals surface area contributed by atoms with Gasteiger partial charge in [-0.15, -0.1) is 0 Å². The molecule has 5 nitrogen and oxygen atoms in total. The maximum absolute atomic E-state index is 12.4. The van der Waals surface area contributed by atoms with E-state index in [2.05, 4.69) is 15.6 Å². The van der Waals surface area contributed by atoms with Crippen LogP contribution in [0.1, 0.15) is 24.0 Å². The maximum Gasteiger partial charge on any atom is 0.257 e. The predicted octanol–water partition coefficient (Wildman–Crippen LogP) is 0.932. The number of carbonyl (C=O) groups is 1. The van der Waals surface area contributed by atoms with Crippen LogP contribution < -0.4 is 15.4 Å². The van der Waals surface area contributed by atoms with Gasteiger partial charge in [0, 0.05) is 7.05 Å². The summed E-state index contributed by atoms with van der Waals surface area (Å²) in [5.74, 6) is 1.29. The number of aryl methyl sites for hydroxylation is 1. The molecule has 1 atom stereocenters. The summed E-state index contributed by atoms with van der Waals surface area (Å²) in [4.78, 5) is 16.4. The summed E-state index contributed by atoms with van der Waals surface area (Å²) in [5.41, 5.74) is 1.53. The third-order valence-corrected chi connectivity index (χ3v) is 3.95. The molecule has 1 amide bonds. The average Bonchev–Trinajstić information content (AvgIpc) is 2.76. The molecule has 100 valence electrons. The van der Waals surface area contributed by atoms with Crippen molar-refractivity contribution < 1.29 is 9.53 Å². The van der Waals surface area contributed by atoms with Crippen molar-refractivity contribution in [3.8, 4) is 5.75 Å². The first-order valence-corrected chi connectivity index (χ1v) is 6.43. The van der Waals surface area contributed by atoms with Gasteiger partial charge in [0.1, 0.15) is 11.3 Å². The predicted molar refractivity (Wildman–Crippen MR) is 72.2 cm³/mol. The Labute approximate surface area is 112 Å². The summed E-state index contributed by atoms with van der Waals surface area (Å²) in [6.45, 7) is 0. The van der Waals surface area contributed by atoms with Crippen LogP contribution in [-0.2, 0) is 16.8 Å². The molecule has 1 unspecified atom stereocenters. The highest BCUT2D eigenvalue weighted by Crippen LogP contribution is 2.39. The van der Waals surface area contributed by atoms with Crippen molar-refractivity contribution >= 4 is 11.9 Å². The van der Waals surface area contributed by atoms with E-state index in [1.54, 1.807) is 14.2 Å². The molecule has 2 aliphatic rings. The smallest absolute Gasteiger partial charge is 0.257 e. The lowest BCUT2D eigenvalue weighted by Gasteiger charge is -2.33. The molecule has 19 heavy (non-hydrogen) atoms. The van der Waals surface area contributed by atoms with Gasteiger partial charge in [-0.25, -0.2) is 0 Å². The topological polar surface area (TPSA) is 62.7 Å². The number of carbonyl (C=O) groups excluding carboxylic acids is 1. The second-order valence-electron chi connectivity index (χ2n) is 4.93. The van der Waals surface area contributed by atoms with E-state index in [1.807, 2.05) is 18.2 Å². The first kappa shape index (κ1) is 12.0. The van der Waals surface area contributed by atoms with E-state index < -0.39 is 5.54 Å². The molecule has 3 rings (SSSR count). The van der Waals surface area contributed by atoms with Gasteiger partial charge in [0.25, 0.3) is 5.91 Å². The zero-order valence-corrected chi connectivity index (χ0v) is 11.1. The van der Waals surface area contributed by atoms with E-state index in [4.69, 9.17) is 4.74 Å². The highest BCUT2D eigenvalue weighted by molar-refractivity contribution is 6.09. The number of fused-ring (bicyclic) bond motifs is 2. The van der Waals surface area contributed by atoms with Crippen LogP contribution in [-0.4, -0.2) is 26.0 Å². The Morgan fingerprint density at radius 2 is 2.26 bits per heavy atom. The third-order valence-electron chi connectivity index (χ3n) is 3.95. The van der Waals surface area contributed by atoms with Crippen molar-refractivity contribution in [3.05, 3.63) is 29.3 Å². The molecule has 0 radical (unpaired) electrons. The van der Waals surface area contributed by atoms with Gasteiger partial charge in [-0.1, -0.05) is 6.07 Å². The van der Waals surface area contributed by atoms with Crippen molar-refractivity contribution in [1.82, 2.24) is 10.6 Å². The molecule has 0 bridgehead atoms. The highest BCUT2D eigenvalue weighted by atomic mass is 16.5. The maximum atomic E-state index is 12.4. The van der Waals surface area contributed by atoms with Gasteiger partial charge in [-0.05, 0) is 42.5 Å². The molecule has 5 heteroatoms. The molecule has 2 N–H and O–H groups in total. The second kappa shape index (κ2) is 4.26. The summed E-state index contributed by atoms with van der Waals surface area (Å²) >= 11 is 0. The van der Waals surface area contributed by atoms with Crippen molar-refractivity contribution in [1.29, 1.82) is 0 Å². The molecule has 1 aromatic carbocycles. The molecule has 1 heterocycles. The van der Waals surface area contributed by atoms with Crippen molar-refractivity contribution in [2.24, 2.45) is 4.99 Å². The first-order valence-electron chi connectivity index (χ1n) is 6.43. The molecule has 1 spiro atoms. The van der Waals surface area contributed by atoms with Gasteiger partial charge in [0.15, 0.2) is 5.96 Å². The summed E-state index contributed by atoms with van der Waals surface area (Å²) in [6.07, 6.45) is 2.75. The number of methoxy groups -OCH3 is 1. The normalized spacial score (nSPS) is 27.1. The summed E-state index contributed by atoms with van der Waals surface area (Å²) in [5, 5.41) is 6.05. The number of hydrogen-bond donors (Lipinski definition) is 2. The Morgan fingerprint density at radius 1 is 1.42 bits per heavy atom. The zero-order valence-electron chi connectivity index (χ0n) is 11.1. The molecule has 1 saturated heterocycles. The fraction of sp³-hybridized carbons (Fsp3) is 0.429. The standard InChI is InChI=1S/C14H17N3O2/c1-15-13-16-12(18)14(17-13)7-3-4-9-5-6-10(19-2)8-11(9)14/h5-6,8H,3-4,7H2,1-2H3,(H2,15,16,17,18). The van der Waals surface area contributed by atoms with E-state index in [0.717, 1.165) is 30.6 Å². The van der Waals surface area contributed by atoms with E-state index in [1.165, 1.54) is 5.56 Å². The molecular formula is C14H17N3O2. The number of ether oxygens (including phenoxy) is 1. The van der Waals surface area contributed by atoms with Crippen LogP contribution in [0.4, 0.5) is 0 Å². The average molecular weight is 259 g/mol. The minimum atomic E-state index is -0.684. The van der Waals surface area contributed by atoms with Crippen LogP contribution >= 0.6 is 0 Å². The minimum Gasteiger partial charge on any atom is -0.497 e. The Kier molecular flexibility index (Phi) is 2.69. The van der Waals surface area contributed by atoms with Gasteiger partial charge in [0.2, 0.25) is 0 Å². The SMILES string of the molecule is CN=C1NC(=O)C2(CCCc3ccc(OC)cc32)N1. The number of nitrogens with zero attached hydrogens (tertiary/aromatic N) is 1. The number of rotatable bonds is 1. The van der Waals surface area contributed by atoms with Gasteiger partial charge in [0.05, 0.1) is 7.11 Å².